The minimum absolute atomic E-state index is 0.645. The van der Waals surface area contributed by atoms with Gasteiger partial charge in [0.1, 0.15) is 16.2 Å². The van der Waals surface area contributed by atoms with Crippen molar-refractivity contribution in [2.45, 2.75) is 40.0 Å². The van der Waals surface area contributed by atoms with Crippen molar-refractivity contribution in [1.29, 1.82) is 0 Å². The molecule has 0 aromatic carbocycles. The minimum Gasteiger partial charge on any atom is -0.492 e. The topological polar surface area (TPSA) is 50.8 Å². The van der Waals surface area contributed by atoms with E-state index in [1.165, 1.54) is 0 Å². The van der Waals surface area contributed by atoms with Crippen molar-refractivity contribution in [1.82, 2.24) is 15.0 Å². The van der Waals surface area contributed by atoms with Gasteiger partial charge in [-0.2, -0.15) is 0 Å². The van der Waals surface area contributed by atoms with Crippen molar-refractivity contribution in [3.63, 3.8) is 0 Å². The van der Waals surface area contributed by atoms with Gasteiger partial charge in [0.2, 0.25) is 0 Å². The highest BCUT2D eigenvalue weighted by Crippen LogP contribution is 2.24. The molecular formula is C16H21N3OS. The van der Waals surface area contributed by atoms with Crippen LogP contribution in [-0.4, -0.2) is 21.6 Å². The second-order valence-corrected chi connectivity index (χ2v) is 5.38. The van der Waals surface area contributed by atoms with Crippen LogP contribution in [0.2, 0.25) is 0 Å². The summed E-state index contributed by atoms with van der Waals surface area (Å²) in [5.74, 6) is 1.70. The fourth-order valence-corrected chi connectivity index (χ4v) is 2.29. The lowest BCUT2D eigenvalue weighted by atomic mass is 10.1. The summed E-state index contributed by atoms with van der Waals surface area (Å²) in [4.78, 5) is 12.1. The van der Waals surface area contributed by atoms with Crippen molar-refractivity contribution >= 4 is 12.2 Å². The average molecular weight is 303 g/mol. The van der Waals surface area contributed by atoms with Crippen LogP contribution in [-0.2, 0) is 6.42 Å². The zero-order chi connectivity index (χ0) is 15.2. The first kappa shape index (κ1) is 15.6. The minimum atomic E-state index is 0.645. The number of H-pyrrole nitrogens is 1. The molecule has 0 atom stereocenters. The van der Waals surface area contributed by atoms with Crippen molar-refractivity contribution in [2.75, 3.05) is 6.61 Å². The van der Waals surface area contributed by atoms with E-state index in [1.807, 2.05) is 19.2 Å². The molecule has 2 aromatic heterocycles. The summed E-state index contributed by atoms with van der Waals surface area (Å²) in [6, 6.07) is 1.99. The van der Waals surface area contributed by atoms with E-state index in [0.29, 0.717) is 11.2 Å². The van der Waals surface area contributed by atoms with Crippen LogP contribution in [0.5, 0.6) is 5.75 Å². The molecule has 0 amide bonds. The number of nitrogens with zero attached hydrogens (tertiary/aromatic N) is 2. The summed E-state index contributed by atoms with van der Waals surface area (Å²) in [5.41, 5.74) is 2.93. The molecule has 0 bridgehead atoms. The Balaban J connectivity index is 2.43. The molecule has 0 aliphatic heterocycles. The number of aromatic nitrogens is 3. The monoisotopic (exact) mass is 303 g/mol. The number of pyridine rings is 1. The molecule has 0 saturated heterocycles. The first-order chi connectivity index (χ1) is 10.2. The Kier molecular flexibility index (Phi) is 5.44. The summed E-state index contributed by atoms with van der Waals surface area (Å²) >= 11 is 5.36. The highest BCUT2D eigenvalue weighted by molar-refractivity contribution is 7.71. The molecule has 2 aromatic rings. The van der Waals surface area contributed by atoms with Gasteiger partial charge >= 0.3 is 0 Å². The predicted molar refractivity (Wildman–Crippen MR) is 87.2 cm³/mol. The number of aryl methyl sites for hydroxylation is 1. The molecule has 2 rings (SSSR count). The van der Waals surface area contributed by atoms with Crippen LogP contribution < -0.4 is 4.74 Å². The van der Waals surface area contributed by atoms with Crippen molar-refractivity contribution in [3.05, 3.63) is 34.5 Å². The predicted octanol–water partition coefficient (Wildman–Crippen LogP) is 4.25. The molecule has 5 heteroatoms. The Bertz CT molecular complexity index is 667. The van der Waals surface area contributed by atoms with Gasteiger partial charge in [0.25, 0.3) is 0 Å². The Hall–Kier alpha value is -1.75. The molecule has 1 N–H and O–H groups in total. The summed E-state index contributed by atoms with van der Waals surface area (Å²) in [6.07, 6.45) is 6.44. The Morgan fingerprint density at radius 1 is 1.24 bits per heavy atom. The lowest BCUT2D eigenvalue weighted by Crippen LogP contribution is -2.01. The Labute approximate surface area is 130 Å². The zero-order valence-electron chi connectivity index (χ0n) is 12.8. The molecule has 4 nitrogen and oxygen atoms in total. The highest BCUT2D eigenvalue weighted by atomic mass is 32.1. The lowest BCUT2D eigenvalue weighted by molar-refractivity contribution is 0.316. The molecule has 0 fully saturated rings. The number of hydrogen-bond donors (Lipinski definition) is 1. The normalized spacial score (nSPS) is 10.6. The van der Waals surface area contributed by atoms with Gasteiger partial charge in [-0.05, 0) is 25.8 Å². The van der Waals surface area contributed by atoms with Crippen molar-refractivity contribution in [3.8, 4) is 17.0 Å². The number of nitrogens with one attached hydrogen (secondary N) is 1. The molecule has 0 spiro atoms. The maximum absolute atomic E-state index is 5.65. The van der Waals surface area contributed by atoms with Crippen LogP contribution in [0.3, 0.4) is 0 Å². The van der Waals surface area contributed by atoms with E-state index in [0.717, 1.165) is 47.7 Å². The SMILES string of the molecule is CCCOc1cncc(-c2[nH]c(CCC)nc(=S)c2C)c1. The first-order valence-electron chi connectivity index (χ1n) is 7.33. The third kappa shape index (κ3) is 3.88. The summed E-state index contributed by atoms with van der Waals surface area (Å²) < 4.78 is 6.29. The average Bonchev–Trinajstić information content (AvgIpc) is 2.49. The van der Waals surface area contributed by atoms with Crippen LogP contribution in [0.1, 0.15) is 38.1 Å². The molecule has 0 saturated carbocycles. The van der Waals surface area contributed by atoms with Gasteiger partial charge in [-0.1, -0.05) is 26.1 Å². The summed E-state index contributed by atoms with van der Waals surface area (Å²) in [7, 11) is 0. The second kappa shape index (κ2) is 7.31. The van der Waals surface area contributed by atoms with Gasteiger partial charge in [0, 0.05) is 23.7 Å². The van der Waals surface area contributed by atoms with Crippen LogP contribution >= 0.6 is 12.2 Å². The lowest BCUT2D eigenvalue weighted by Gasteiger charge is -2.11. The highest BCUT2D eigenvalue weighted by Gasteiger charge is 2.09. The number of aromatic amines is 1. The number of ether oxygens (including phenoxy) is 1. The first-order valence-corrected chi connectivity index (χ1v) is 7.74. The molecule has 0 unspecified atom stereocenters. The fourth-order valence-electron chi connectivity index (χ4n) is 2.08. The van der Waals surface area contributed by atoms with Gasteiger partial charge in [-0.15, -0.1) is 0 Å². The number of rotatable bonds is 6. The van der Waals surface area contributed by atoms with Crippen LogP contribution in [0.15, 0.2) is 18.5 Å². The van der Waals surface area contributed by atoms with E-state index in [-0.39, 0.29) is 0 Å². The van der Waals surface area contributed by atoms with E-state index < -0.39 is 0 Å². The third-order valence-electron chi connectivity index (χ3n) is 3.16. The van der Waals surface area contributed by atoms with Gasteiger partial charge in [0.15, 0.2) is 0 Å². The second-order valence-electron chi connectivity index (χ2n) is 5.00. The standard InChI is InChI=1S/C16H21N3OS/c1-4-6-14-18-15(11(3)16(21)19-14)12-8-13(10-17-9-12)20-7-5-2/h8-10H,4-7H2,1-3H3,(H,18,19,21). The van der Waals surface area contributed by atoms with Gasteiger partial charge in [-0.25, -0.2) is 4.98 Å². The Morgan fingerprint density at radius 2 is 2.05 bits per heavy atom. The quantitative estimate of drug-likeness (QED) is 0.810. The van der Waals surface area contributed by atoms with Crippen LogP contribution in [0.25, 0.3) is 11.3 Å². The van der Waals surface area contributed by atoms with Gasteiger partial charge in [0.05, 0.1) is 18.5 Å². The van der Waals surface area contributed by atoms with Crippen molar-refractivity contribution in [2.24, 2.45) is 0 Å². The number of hydrogen-bond acceptors (Lipinski definition) is 4. The smallest absolute Gasteiger partial charge is 0.138 e. The van der Waals surface area contributed by atoms with E-state index in [2.05, 4.69) is 28.8 Å². The molecular weight excluding hydrogens is 282 g/mol. The largest absolute Gasteiger partial charge is 0.492 e. The molecule has 0 aliphatic carbocycles. The van der Waals surface area contributed by atoms with Crippen LogP contribution in [0, 0.1) is 11.6 Å². The summed E-state index contributed by atoms with van der Waals surface area (Å²) in [6.45, 7) is 6.88. The molecule has 21 heavy (non-hydrogen) atoms. The molecule has 2 heterocycles. The van der Waals surface area contributed by atoms with Crippen LogP contribution in [0.4, 0.5) is 0 Å². The zero-order valence-corrected chi connectivity index (χ0v) is 13.6. The molecule has 0 radical (unpaired) electrons. The van der Waals surface area contributed by atoms with E-state index in [1.54, 1.807) is 6.20 Å². The Morgan fingerprint density at radius 3 is 2.76 bits per heavy atom. The van der Waals surface area contributed by atoms with E-state index in [9.17, 15) is 0 Å². The van der Waals surface area contributed by atoms with Gasteiger partial charge < -0.3 is 9.72 Å². The van der Waals surface area contributed by atoms with E-state index >= 15 is 0 Å². The summed E-state index contributed by atoms with van der Waals surface area (Å²) in [5, 5.41) is 0. The molecule has 0 aliphatic rings. The third-order valence-corrected chi connectivity index (χ3v) is 3.56. The van der Waals surface area contributed by atoms with E-state index in [4.69, 9.17) is 17.0 Å². The maximum Gasteiger partial charge on any atom is 0.138 e. The maximum atomic E-state index is 5.65. The fraction of sp³-hybridized carbons (Fsp3) is 0.438. The van der Waals surface area contributed by atoms with Gasteiger partial charge in [-0.3, -0.25) is 4.98 Å². The van der Waals surface area contributed by atoms with Crippen molar-refractivity contribution < 1.29 is 4.74 Å². The molecule has 112 valence electrons.